The maximum absolute atomic E-state index is 11.9. The van der Waals surface area contributed by atoms with E-state index >= 15 is 0 Å². The number of ether oxygens (including phenoxy) is 1. The number of para-hydroxylation sites is 1. The van der Waals surface area contributed by atoms with Crippen molar-refractivity contribution in [1.29, 1.82) is 0 Å². The summed E-state index contributed by atoms with van der Waals surface area (Å²) in [6.45, 7) is 0.491. The lowest BCUT2D eigenvalue weighted by atomic mass is 10.1. The average Bonchev–Trinajstić information content (AvgIpc) is 3.01. The summed E-state index contributed by atoms with van der Waals surface area (Å²) in [5, 5.41) is 4.68. The van der Waals surface area contributed by atoms with Crippen molar-refractivity contribution >= 4 is 22.9 Å². The highest BCUT2D eigenvalue weighted by molar-refractivity contribution is 7.12. The molecule has 0 fully saturated rings. The number of rotatable bonds is 3. The Morgan fingerprint density at radius 2 is 2.26 bits per heavy atom. The van der Waals surface area contributed by atoms with E-state index < -0.39 is 0 Å². The molecule has 0 radical (unpaired) electrons. The predicted octanol–water partition coefficient (Wildman–Crippen LogP) is 2.06. The van der Waals surface area contributed by atoms with Gasteiger partial charge in [-0.05, 0) is 23.1 Å². The topological polar surface area (TPSA) is 64.4 Å². The van der Waals surface area contributed by atoms with E-state index in [0.717, 1.165) is 12.2 Å². The number of amides is 1. The molecule has 3 rings (SSSR count). The first-order chi connectivity index (χ1) is 9.24. The number of hydrogen-bond acceptors (Lipinski definition) is 4. The molecule has 1 aliphatic rings. The van der Waals surface area contributed by atoms with Crippen LogP contribution in [0.5, 0.6) is 5.75 Å². The monoisotopic (exact) mass is 274 g/mol. The number of carbonyl (C=O) groups is 1. The van der Waals surface area contributed by atoms with E-state index in [1.165, 1.54) is 16.9 Å². The maximum atomic E-state index is 11.9. The minimum absolute atomic E-state index is 0.00235. The second kappa shape index (κ2) is 4.93. The Bertz CT molecular complexity index is 584. The van der Waals surface area contributed by atoms with Crippen LogP contribution in [0.4, 0.5) is 5.69 Å². The third-order valence-electron chi connectivity index (χ3n) is 3.11. The predicted molar refractivity (Wildman–Crippen MR) is 75.6 cm³/mol. The van der Waals surface area contributed by atoms with E-state index in [0.29, 0.717) is 17.1 Å². The number of thiophene rings is 1. The molecule has 2 heterocycles. The molecule has 0 saturated carbocycles. The van der Waals surface area contributed by atoms with Crippen molar-refractivity contribution in [3.8, 4) is 5.75 Å². The Balaban J connectivity index is 1.58. The maximum Gasteiger partial charge on any atom is 0.263 e. The summed E-state index contributed by atoms with van der Waals surface area (Å²) < 4.78 is 5.76. The van der Waals surface area contributed by atoms with Gasteiger partial charge in [0.1, 0.15) is 16.7 Å². The molecule has 5 heteroatoms. The fourth-order valence-electron chi connectivity index (χ4n) is 2.16. The highest BCUT2D eigenvalue weighted by Gasteiger charge is 2.23. The van der Waals surface area contributed by atoms with Gasteiger partial charge in [-0.25, -0.2) is 0 Å². The van der Waals surface area contributed by atoms with E-state index in [1.54, 1.807) is 6.07 Å². The van der Waals surface area contributed by atoms with Crippen LogP contribution in [-0.2, 0) is 6.42 Å². The molecule has 19 heavy (non-hydrogen) atoms. The van der Waals surface area contributed by atoms with Crippen molar-refractivity contribution in [3.05, 3.63) is 46.2 Å². The number of nitrogens with one attached hydrogen (secondary N) is 1. The van der Waals surface area contributed by atoms with Crippen LogP contribution in [-0.4, -0.2) is 18.6 Å². The molecular formula is C14H14N2O2S. The van der Waals surface area contributed by atoms with Gasteiger partial charge in [0.2, 0.25) is 0 Å². The van der Waals surface area contributed by atoms with Crippen LogP contribution in [0.1, 0.15) is 15.2 Å². The first kappa shape index (κ1) is 12.0. The minimum Gasteiger partial charge on any atom is -0.488 e. The van der Waals surface area contributed by atoms with Crippen LogP contribution in [0.15, 0.2) is 35.7 Å². The van der Waals surface area contributed by atoms with Crippen LogP contribution in [0.3, 0.4) is 0 Å². The number of anilines is 1. The second-order valence-electron chi connectivity index (χ2n) is 4.47. The lowest BCUT2D eigenvalue weighted by molar-refractivity contribution is 0.0938. The zero-order chi connectivity index (χ0) is 13.2. The molecule has 98 valence electrons. The van der Waals surface area contributed by atoms with E-state index in [2.05, 4.69) is 11.4 Å². The molecular weight excluding hydrogens is 260 g/mol. The van der Waals surface area contributed by atoms with Gasteiger partial charge in [-0.2, -0.15) is 0 Å². The summed E-state index contributed by atoms with van der Waals surface area (Å²) in [7, 11) is 0. The lowest BCUT2D eigenvalue weighted by Gasteiger charge is -2.11. The molecule has 0 aliphatic carbocycles. The first-order valence-corrected chi connectivity index (χ1v) is 6.98. The van der Waals surface area contributed by atoms with Gasteiger partial charge in [0.05, 0.1) is 12.2 Å². The van der Waals surface area contributed by atoms with Crippen LogP contribution in [0.25, 0.3) is 0 Å². The van der Waals surface area contributed by atoms with Gasteiger partial charge in [0.25, 0.3) is 5.91 Å². The van der Waals surface area contributed by atoms with Crippen molar-refractivity contribution in [2.24, 2.45) is 0 Å². The standard InChI is InChI=1S/C14H14N2O2S/c15-11-5-6-19-13(11)14(17)16-8-10-7-9-3-1-2-4-12(9)18-10/h1-6,10H,7-8,15H2,(H,16,17). The van der Waals surface area contributed by atoms with Gasteiger partial charge in [-0.15, -0.1) is 11.3 Å². The molecule has 1 aliphatic heterocycles. The van der Waals surface area contributed by atoms with E-state index in [4.69, 9.17) is 10.5 Å². The molecule has 1 amide bonds. The number of carbonyl (C=O) groups excluding carboxylic acids is 1. The van der Waals surface area contributed by atoms with Crippen LogP contribution >= 0.6 is 11.3 Å². The van der Waals surface area contributed by atoms with Crippen molar-refractivity contribution in [2.45, 2.75) is 12.5 Å². The molecule has 3 N–H and O–H groups in total. The van der Waals surface area contributed by atoms with Crippen molar-refractivity contribution < 1.29 is 9.53 Å². The smallest absolute Gasteiger partial charge is 0.263 e. The lowest BCUT2D eigenvalue weighted by Crippen LogP contribution is -2.34. The SMILES string of the molecule is Nc1ccsc1C(=O)NCC1Cc2ccccc2O1. The Morgan fingerprint density at radius 3 is 3.00 bits per heavy atom. The Morgan fingerprint density at radius 1 is 1.42 bits per heavy atom. The van der Waals surface area contributed by atoms with Crippen molar-refractivity contribution in [1.82, 2.24) is 5.32 Å². The zero-order valence-electron chi connectivity index (χ0n) is 10.3. The normalized spacial score (nSPS) is 16.7. The molecule has 0 spiro atoms. The summed E-state index contributed by atoms with van der Waals surface area (Å²) >= 11 is 1.35. The number of hydrogen-bond donors (Lipinski definition) is 2. The first-order valence-electron chi connectivity index (χ1n) is 6.10. The number of nitrogen functional groups attached to an aromatic ring is 1. The van der Waals surface area contributed by atoms with Gasteiger partial charge in [-0.1, -0.05) is 18.2 Å². The molecule has 4 nitrogen and oxygen atoms in total. The Kier molecular flexibility index (Phi) is 3.13. The second-order valence-corrected chi connectivity index (χ2v) is 5.38. The molecule has 1 atom stereocenters. The molecule has 1 aromatic heterocycles. The average molecular weight is 274 g/mol. The minimum atomic E-state index is -0.132. The zero-order valence-corrected chi connectivity index (χ0v) is 11.1. The van der Waals surface area contributed by atoms with Crippen molar-refractivity contribution in [2.75, 3.05) is 12.3 Å². The molecule has 1 aromatic carbocycles. The Labute approximate surface area is 115 Å². The Hall–Kier alpha value is -2.01. The number of fused-ring (bicyclic) bond motifs is 1. The van der Waals surface area contributed by atoms with Crippen molar-refractivity contribution in [3.63, 3.8) is 0 Å². The summed E-state index contributed by atoms with van der Waals surface area (Å²) in [6.07, 6.45) is 0.832. The molecule has 0 bridgehead atoms. The van der Waals surface area contributed by atoms with E-state index in [1.807, 2.05) is 23.6 Å². The van der Waals surface area contributed by atoms with Gasteiger partial charge >= 0.3 is 0 Å². The fourth-order valence-corrected chi connectivity index (χ4v) is 2.89. The van der Waals surface area contributed by atoms with Gasteiger partial charge < -0.3 is 15.8 Å². The summed E-state index contributed by atoms with van der Waals surface area (Å²) in [5.41, 5.74) is 7.43. The van der Waals surface area contributed by atoms with Crippen LogP contribution < -0.4 is 15.8 Å². The number of benzene rings is 1. The third-order valence-corrected chi connectivity index (χ3v) is 4.03. The van der Waals surface area contributed by atoms with Gasteiger partial charge in [0, 0.05) is 6.42 Å². The van der Waals surface area contributed by atoms with E-state index in [-0.39, 0.29) is 12.0 Å². The van der Waals surface area contributed by atoms with Gasteiger partial charge in [-0.3, -0.25) is 4.79 Å². The van der Waals surface area contributed by atoms with E-state index in [9.17, 15) is 4.79 Å². The third kappa shape index (κ3) is 2.42. The highest BCUT2D eigenvalue weighted by atomic mass is 32.1. The summed E-state index contributed by atoms with van der Waals surface area (Å²) in [4.78, 5) is 12.5. The molecule has 2 aromatic rings. The quantitative estimate of drug-likeness (QED) is 0.900. The largest absolute Gasteiger partial charge is 0.488 e. The highest BCUT2D eigenvalue weighted by Crippen LogP contribution is 2.27. The van der Waals surface area contributed by atoms with Crippen LogP contribution in [0.2, 0.25) is 0 Å². The molecule has 1 unspecified atom stereocenters. The summed E-state index contributed by atoms with van der Waals surface area (Å²) in [6, 6.07) is 9.69. The summed E-state index contributed by atoms with van der Waals surface area (Å²) in [5.74, 6) is 0.782. The van der Waals surface area contributed by atoms with Crippen LogP contribution in [0, 0.1) is 0 Å². The molecule has 0 saturated heterocycles. The van der Waals surface area contributed by atoms with Gasteiger partial charge in [0.15, 0.2) is 0 Å². The fraction of sp³-hybridized carbons (Fsp3) is 0.214. The number of nitrogens with two attached hydrogens (primary N) is 1.